The van der Waals surface area contributed by atoms with Gasteiger partial charge in [-0.05, 0) is 67.6 Å². The molecule has 116 valence electrons. The van der Waals surface area contributed by atoms with Gasteiger partial charge in [-0.15, -0.1) is 0 Å². The lowest BCUT2D eigenvalue weighted by Crippen LogP contribution is -2.12. The molecule has 0 spiro atoms. The summed E-state index contributed by atoms with van der Waals surface area (Å²) in [6.07, 6.45) is 13.6. The maximum atomic E-state index is 5.49. The van der Waals surface area contributed by atoms with Crippen LogP contribution in [0.5, 0.6) is 5.75 Å². The Morgan fingerprint density at radius 3 is 2.52 bits per heavy atom. The van der Waals surface area contributed by atoms with Crippen molar-refractivity contribution in [2.75, 3.05) is 7.11 Å². The summed E-state index contributed by atoms with van der Waals surface area (Å²) in [6.45, 7) is 4.45. The lowest BCUT2D eigenvalue weighted by Gasteiger charge is -2.27. The molecule has 1 fully saturated rings. The molecule has 1 heteroatoms. The first-order valence-corrected chi connectivity index (χ1v) is 8.61. The quantitative estimate of drug-likeness (QED) is 0.593. The highest BCUT2D eigenvalue weighted by atomic mass is 16.5. The Hall–Kier alpha value is -1.24. The summed E-state index contributed by atoms with van der Waals surface area (Å²) in [5.74, 6) is 2.62. The van der Waals surface area contributed by atoms with E-state index in [9.17, 15) is 0 Å². The van der Waals surface area contributed by atoms with E-state index < -0.39 is 0 Å². The number of rotatable bonds is 6. The zero-order chi connectivity index (χ0) is 15.1. The molecule has 1 aliphatic carbocycles. The van der Waals surface area contributed by atoms with Crippen LogP contribution >= 0.6 is 0 Å². The molecule has 0 heterocycles. The molecule has 0 atom stereocenters. The summed E-state index contributed by atoms with van der Waals surface area (Å²) in [5.41, 5.74) is 2.91. The third-order valence-corrected chi connectivity index (χ3v) is 4.71. The monoisotopic (exact) mass is 286 g/mol. The van der Waals surface area contributed by atoms with Crippen LogP contribution in [0.2, 0.25) is 0 Å². The molecular weight excluding hydrogens is 256 g/mol. The van der Waals surface area contributed by atoms with Crippen LogP contribution < -0.4 is 4.74 Å². The van der Waals surface area contributed by atoms with Gasteiger partial charge in [-0.3, -0.25) is 0 Å². The highest BCUT2D eigenvalue weighted by Gasteiger charge is 2.21. The molecular formula is C20H30O. The second-order valence-corrected chi connectivity index (χ2v) is 6.27. The highest BCUT2D eigenvalue weighted by Crippen LogP contribution is 2.37. The van der Waals surface area contributed by atoms with E-state index >= 15 is 0 Å². The Morgan fingerprint density at radius 2 is 1.90 bits per heavy atom. The first-order valence-electron chi connectivity index (χ1n) is 8.61. The molecule has 0 saturated heterocycles. The van der Waals surface area contributed by atoms with E-state index in [1.807, 2.05) is 0 Å². The molecule has 2 rings (SSSR count). The van der Waals surface area contributed by atoms with Crippen LogP contribution in [0, 0.1) is 5.92 Å². The summed E-state index contributed by atoms with van der Waals surface area (Å²) in [5, 5.41) is 0. The predicted molar refractivity (Wildman–Crippen MR) is 91.1 cm³/mol. The molecule has 0 aromatic heterocycles. The van der Waals surface area contributed by atoms with E-state index in [1.54, 1.807) is 7.11 Å². The average Bonchev–Trinajstić information content (AvgIpc) is 2.53. The Morgan fingerprint density at radius 1 is 1.14 bits per heavy atom. The molecule has 0 N–H and O–H groups in total. The predicted octanol–water partition coefficient (Wildman–Crippen LogP) is 5.89. The number of allylic oxidation sites excluding steroid dienone is 2. The fraction of sp³-hybridized carbons (Fsp3) is 0.600. The Kier molecular flexibility index (Phi) is 6.35. The van der Waals surface area contributed by atoms with Crippen LogP contribution in [-0.4, -0.2) is 7.11 Å². The maximum Gasteiger partial charge on any atom is 0.122 e. The number of benzene rings is 1. The molecule has 0 bridgehead atoms. The molecule has 0 aliphatic heterocycles. The van der Waals surface area contributed by atoms with E-state index in [0.717, 1.165) is 24.0 Å². The summed E-state index contributed by atoms with van der Waals surface area (Å²) >= 11 is 0. The van der Waals surface area contributed by atoms with E-state index in [-0.39, 0.29) is 0 Å². The van der Waals surface area contributed by atoms with Crippen molar-refractivity contribution in [1.82, 2.24) is 0 Å². The molecule has 1 nitrogen and oxygen atoms in total. The minimum atomic E-state index is 0.748. The summed E-state index contributed by atoms with van der Waals surface area (Å²) in [6, 6.07) is 6.85. The Balaban J connectivity index is 2.02. The van der Waals surface area contributed by atoms with Gasteiger partial charge in [0, 0.05) is 0 Å². The van der Waals surface area contributed by atoms with Crippen LogP contribution in [0.25, 0.3) is 0 Å². The largest absolute Gasteiger partial charge is 0.496 e. The molecule has 1 aromatic rings. The first-order chi connectivity index (χ1) is 10.3. The van der Waals surface area contributed by atoms with Crippen LogP contribution in [0.1, 0.15) is 69.4 Å². The SMILES string of the molecule is CCC=CC1CCC(c2ccc(OC)c(CCC)c2)CC1. The topological polar surface area (TPSA) is 9.23 Å². The second kappa shape index (κ2) is 8.26. The van der Waals surface area contributed by atoms with Crippen LogP contribution in [0.4, 0.5) is 0 Å². The number of ether oxygens (including phenoxy) is 1. The van der Waals surface area contributed by atoms with Gasteiger partial charge in [-0.1, -0.05) is 44.6 Å². The van der Waals surface area contributed by atoms with Crippen molar-refractivity contribution in [2.24, 2.45) is 5.92 Å². The average molecular weight is 286 g/mol. The summed E-state index contributed by atoms with van der Waals surface area (Å²) in [7, 11) is 1.78. The van der Waals surface area contributed by atoms with Crippen LogP contribution in [0.3, 0.4) is 0 Å². The van der Waals surface area contributed by atoms with Gasteiger partial charge in [-0.2, -0.15) is 0 Å². The molecule has 0 radical (unpaired) electrons. The van der Waals surface area contributed by atoms with Crippen molar-refractivity contribution in [3.63, 3.8) is 0 Å². The lowest BCUT2D eigenvalue weighted by molar-refractivity contribution is 0.374. The smallest absolute Gasteiger partial charge is 0.122 e. The van der Waals surface area contributed by atoms with Crippen LogP contribution in [0.15, 0.2) is 30.4 Å². The fourth-order valence-corrected chi connectivity index (χ4v) is 3.49. The first kappa shape index (κ1) is 16.1. The van der Waals surface area contributed by atoms with Gasteiger partial charge in [0.25, 0.3) is 0 Å². The van der Waals surface area contributed by atoms with Gasteiger partial charge in [0.05, 0.1) is 7.11 Å². The standard InChI is InChI=1S/C20H30O/c1-4-6-8-16-9-11-17(12-10-16)18-13-14-20(21-3)19(15-18)7-5-2/h6,8,13-17H,4-5,7,9-12H2,1-3H3. The number of aryl methyl sites for hydroxylation is 1. The van der Waals surface area contributed by atoms with Crippen molar-refractivity contribution in [2.45, 2.75) is 64.7 Å². The molecule has 0 unspecified atom stereocenters. The summed E-state index contributed by atoms with van der Waals surface area (Å²) in [4.78, 5) is 0. The van der Waals surface area contributed by atoms with Gasteiger partial charge >= 0.3 is 0 Å². The minimum absolute atomic E-state index is 0.748. The highest BCUT2D eigenvalue weighted by molar-refractivity contribution is 5.39. The van der Waals surface area contributed by atoms with Crippen LogP contribution in [-0.2, 0) is 6.42 Å². The zero-order valence-corrected chi connectivity index (χ0v) is 13.9. The maximum absolute atomic E-state index is 5.49. The normalized spacial score (nSPS) is 22.6. The van der Waals surface area contributed by atoms with Gasteiger partial charge in [0.1, 0.15) is 5.75 Å². The molecule has 21 heavy (non-hydrogen) atoms. The van der Waals surface area contributed by atoms with Gasteiger partial charge < -0.3 is 4.74 Å². The minimum Gasteiger partial charge on any atom is -0.496 e. The van der Waals surface area contributed by atoms with E-state index in [4.69, 9.17) is 4.74 Å². The number of hydrogen-bond acceptors (Lipinski definition) is 1. The van der Waals surface area contributed by atoms with E-state index in [2.05, 4.69) is 44.2 Å². The van der Waals surface area contributed by atoms with Crippen molar-refractivity contribution in [1.29, 1.82) is 0 Å². The summed E-state index contributed by atoms with van der Waals surface area (Å²) < 4.78 is 5.49. The van der Waals surface area contributed by atoms with E-state index in [0.29, 0.717) is 0 Å². The Labute approximate surface area is 130 Å². The van der Waals surface area contributed by atoms with Crippen molar-refractivity contribution in [3.8, 4) is 5.75 Å². The fourth-order valence-electron chi connectivity index (χ4n) is 3.49. The number of methoxy groups -OCH3 is 1. The lowest BCUT2D eigenvalue weighted by atomic mass is 9.78. The van der Waals surface area contributed by atoms with Crippen molar-refractivity contribution in [3.05, 3.63) is 41.5 Å². The molecule has 1 aliphatic rings. The molecule has 1 aromatic carbocycles. The second-order valence-electron chi connectivity index (χ2n) is 6.27. The van der Waals surface area contributed by atoms with Gasteiger partial charge in [0.15, 0.2) is 0 Å². The van der Waals surface area contributed by atoms with Gasteiger partial charge in [-0.25, -0.2) is 0 Å². The van der Waals surface area contributed by atoms with Gasteiger partial charge in [0.2, 0.25) is 0 Å². The third-order valence-electron chi connectivity index (χ3n) is 4.71. The molecule has 1 saturated carbocycles. The third kappa shape index (κ3) is 4.36. The zero-order valence-electron chi connectivity index (χ0n) is 13.9. The van der Waals surface area contributed by atoms with Crippen molar-refractivity contribution >= 4 is 0 Å². The number of hydrogen-bond donors (Lipinski definition) is 0. The van der Waals surface area contributed by atoms with Crippen molar-refractivity contribution < 1.29 is 4.74 Å². The van der Waals surface area contributed by atoms with E-state index in [1.165, 1.54) is 49.7 Å². The molecule has 0 amide bonds. The Bertz CT molecular complexity index is 453.